The summed E-state index contributed by atoms with van der Waals surface area (Å²) >= 11 is 0. The molecule has 2 rings (SSSR count). The van der Waals surface area contributed by atoms with Crippen molar-refractivity contribution < 1.29 is 4.39 Å². The van der Waals surface area contributed by atoms with Crippen molar-refractivity contribution in [1.29, 1.82) is 0 Å². The Labute approximate surface area is 126 Å². The van der Waals surface area contributed by atoms with Crippen molar-refractivity contribution in [2.45, 2.75) is 39.2 Å². The molecule has 0 saturated heterocycles. The van der Waals surface area contributed by atoms with Gasteiger partial charge < -0.3 is 5.32 Å². The molecular formula is C18H23FN2. The quantitative estimate of drug-likeness (QED) is 0.825. The number of nitrogens with zero attached hydrogens (tertiary/aromatic N) is 1. The average molecular weight is 286 g/mol. The van der Waals surface area contributed by atoms with Crippen LogP contribution in [0.3, 0.4) is 0 Å². The molecule has 0 bridgehead atoms. The molecule has 1 N–H and O–H groups in total. The third-order valence-electron chi connectivity index (χ3n) is 3.66. The molecule has 3 heteroatoms. The Hall–Kier alpha value is -1.74. The van der Waals surface area contributed by atoms with Crippen molar-refractivity contribution in [3.63, 3.8) is 0 Å². The van der Waals surface area contributed by atoms with Crippen LogP contribution in [0.2, 0.25) is 0 Å². The number of pyridine rings is 1. The van der Waals surface area contributed by atoms with Gasteiger partial charge in [0.15, 0.2) is 0 Å². The second kappa shape index (κ2) is 7.89. The van der Waals surface area contributed by atoms with Crippen molar-refractivity contribution in [3.05, 3.63) is 65.2 Å². The Morgan fingerprint density at radius 3 is 2.62 bits per heavy atom. The summed E-state index contributed by atoms with van der Waals surface area (Å²) in [6.45, 7) is 5.09. The molecule has 2 aromatic rings. The van der Waals surface area contributed by atoms with E-state index in [2.05, 4.69) is 48.4 Å². The maximum absolute atomic E-state index is 13.9. The molecule has 0 aliphatic carbocycles. The van der Waals surface area contributed by atoms with E-state index in [1.807, 2.05) is 0 Å². The summed E-state index contributed by atoms with van der Waals surface area (Å²) in [4.78, 5) is 3.83. The first-order valence-corrected chi connectivity index (χ1v) is 7.59. The summed E-state index contributed by atoms with van der Waals surface area (Å²) < 4.78 is 13.9. The fraction of sp³-hybridized carbons (Fsp3) is 0.389. The maximum Gasteiger partial charge on any atom is 0.146 e. The molecular weight excluding hydrogens is 263 g/mol. The fourth-order valence-corrected chi connectivity index (χ4v) is 2.42. The van der Waals surface area contributed by atoms with Gasteiger partial charge in [-0.25, -0.2) is 4.39 Å². The van der Waals surface area contributed by atoms with Crippen LogP contribution in [-0.2, 0) is 6.42 Å². The SMILES string of the molecule is CCCNC(CCc1ccc(C)cc1)c1ccncc1F. The van der Waals surface area contributed by atoms with Gasteiger partial charge in [0.2, 0.25) is 0 Å². The lowest BCUT2D eigenvalue weighted by Crippen LogP contribution is -2.23. The molecule has 1 aromatic heterocycles. The van der Waals surface area contributed by atoms with Crippen LogP contribution in [0.5, 0.6) is 0 Å². The van der Waals surface area contributed by atoms with E-state index in [4.69, 9.17) is 0 Å². The highest BCUT2D eigenvalue weighted by molar-refractivity contribution is 5.23. The maximum atomic E-state index is 13.9. The lowest BCUT2D eigenvalue weighted by atomic mass is 9.98. The van der Waals surface area contributed by atoms with Gasteiger partial charge in [-0.2, -0.15) is 0 Å². The van der Waals surface area contributed by atoms with Crippen molar-refractivity contribution in [2.24, 2.45) is 0 Å². The predicted molar refractivity (Wildman–Crippen MR) is 84.7 cm³/mol. The normalized spacial score (nSPS) is 12.3. The van der Waals surface area contributed by atoms with Crippen LogP contribution in [0, 0.1) is 12.7 Å². The van der Waals surface area contributed by atoms with Crippen LogP contribution < -0.4 is 5.32 Å². The summed E-state index contributed by atoms with van der Waals surface area (Å²) in [6, 6.07) is 10.4. The number of benzene rings is 1. The third kappa shape index (κ3) is 4.64. The van der Waals surface area contributed by atoms with E-state index in [0.29, 0.717) is 5.56 Å². The highest BCUT2D eigenvalue weighted by Gasteiger charge is 2.14. The molecule has 0 aliphatic heterocycles. The van der Waals surface area contributed by atoms with Gasteiger partial charge in [-0.3, -0.25) is 4.98 Å². The summed E-state index contributed by atoms with van der Waals surface area (Å²) in [5, 5.41) is 3.44. The lowest BCUT2D eigenvalue weighted by molar-refractivity contribution is 0.472. The van der Waals surface area contributed by atoms with Gasteiger partial charge in [0, 0.05) is 17.8 Å². The number of hydrogen-bond acceptors (Lipinski definition) is 2. The minimum Gasteiger partial charge on any atom is -0.310 e. The monoisotopic (exact) mass is 286 g/mol. The summed E-state index contributed by atoms with van der Waals surface area (Å²) in [5.74, 6) is -0.227. The minimum atomic E-state index is -0.227. The molecule has 1 unspecified atom stereocenters. The lowest BCUT2D eigenvalue weighted by Gasteiger charge is -2.19. The molecule has 0 amide bonds. The molecule has 1 atom stereocenters. The zero-order chi connectivity index (χ0) is 15.1. The Morgan fingerprint density at radius 2 is 1.95 bits per heavy atom. The van der Waals surface area contributed by atoms with Gasteiger partial charge in [-0.05, 0) is 44.4 Å². The summed E-state index contributed by atoms with van der Waals surface area (Å²) in [5.41, 5.74) is 3.27. The number of aromatic nitrogens is 1. The highest BCUT2D eigenvalue weighted by atomic mass is 19.1. The topological polar surface area (TPSA) is 24.9 Å². The third-order valence-corrected chi connectivity index (χ3v) is 3.66. The first-order chi connectivity index (χ1) is 10.2. The van der Waals surface area contributed by atoms with Gasteiger partial charge in [0.05, 0.1) is 6.20 Å². The van der Waals surface area contributed by atoms with E-state index in [1.165, 1.54) is 17.3 Å². The molecule has 1 aromatic carbocycles. The molecule has 0 aliphatic rings. The number of halogens is 1. The fourth-order valence-electron chi connectivity index (χ4n) is 2.42. The largest absolute Gasteiger partial charge is 0.310 e. The molecule has 0 radical (unpaired) electrons. The predicted octanol–water partition coefficient (Wildman–Crippen LogP) is 4.20. The number of hydrogen-bond donors (Lipinski definition) is 1. The van der Waals surface area contributed by atoms with Crippen molar-refractivity contribution >= 4 is 0 Å². The van der Waals surface area contributed by atoms with E-state index in [1.54, 1.807) is 12.3 Å². The van der Waals surface area contributed by atoms with Gasteiger partial charge >= 0.3 is 0 Å². The molecule has 112 valence electrons. The Kier molecular flexibility index (Phi) is 5.88. The average Bonchev–Trinajstić information content (AvgIpc) is 2.50. The first kappa shape index (κ1) is 15.6. The van der Waals surface area contributed by atoms with Crippen LogP contribution in [0.4, 0.5) is 4.39 Å². The molecule has 0 spiro atoms. The van der Waals surface area contributed by atoms with E-state index in [0.717, 1.165) is 25.8 Å². The Bertz CT molecular complexity index is 551. The van der Waals surface area contributed by atoms with E-state index >= 15 is 0 Å². The van der Waals surface area contributed by atoms with Crippen LogP contribution in [0.25, 0.3) is 0 Å². The van der Waals surface area contributed by atoms with Crippen molar-refractivity contribution in [3.8, 4) is 0 Å². The number of aryl methyl sites for hydroxylation is 2. The highest BCUT2D eigenvalue weighted by Crippen LogP contribution is 2.21. The van der Waals surface area contributed by atoms with Crippen molar-refractivity contribution in [1.82, 2.24) is 10.3 Å². The molecule has 21 heavy (non-hydrogen) atoms. The smallest absolute Gasteiger partial charge is 0.146 e. The van der Waals surface area contributed by atoms with E-state index in [9.17, 15) is 4.39 Å². The second-order valence-corrected chi connectivity index (χ2v) is 5.43. The van der Waals surface area contributed by atoms with Crippen LogP contribution in [-0.4, -0.2) is 11.5 Å². The van der Waals surface area contributed by atoms with Gasteiger partial charge in [-0.1, -0.05) is 36.8 Å². The van der Waals surface area contributed by atoms with E-state index < -0.39 is 0 Å². The standard InChI is InChI=1S/C18H23FN2/c1-3-11-21-18(16-10-12-20-13-17(16)19)9-8-15-6-4-14(2)5-7-15/h4-7,10,12-13,18,21H,3,8-9,11H2,1-2H3. The second-order valence-electron chi connectivity index (χ2n) is 5.43. The number of nitrogens with one attached hydrogen (secondary N) is 1. The molecule has 2 nitrogen and oxygen atoms in total. The summed E-state index contributed by atoms with van der Waals surface area (Å²) in [6.07, 6.45) is 5.80. The van der Waals surface area contributed by atoms with Gasteiger partial charge in [-0.15, -0.1) is 0 Å². The molecule has 0 saturated carbocycles. The Morgan fingerprint density at radius 1 is 1.19 bits per heavy atom. The number of rotatable bonds is 7. The molecule has 1 heterocycles. The van der Waals surface area contributed by atoms with Crippen LogP contribution >= 0.6 is 0 Å². The van der Waals surface area contributed by atoms with Crippen LogP contribution in [0.15, 0.2) is 42.7 Å². The van der Waals surface area contributed by atoms with Gasteiger partial charge in [0.25, 0.3) is 0 Å². The zero-order valence-electron chi connectivity index (χ0n) is 12.8. The van der Waals surface area contributed by atoms with Crippen molar-refractivity contribution in [2.75, 3.05) is 6.54 Å². The van der Waals surface area contributed by atoms with Gasteiger partial charge in [0.1, 0.15) is 5.82 Å². The Balaban J connectivity index is 2.06. The summed E-state index contributed by atoms with van der Waals surface area (Å²) in [7, 11) is 0. The minimum absolute atomic E-state index is 0.0363. The van der Waals surface area contributed by atoms with Crippen LogP contribution in [0.1, 0.15) is 42.5 Å². The molecule has 0 fully saturated rings. The zero-order valence-corrected chi connectivity index (χ0v) is 12.8. The van der Waals surface area contributed by atoms with E-state index in [-0.39, 0.29) is 11.9 Å². The first-order valence-electron chi connectivity index (χ1n) is 7.59.